The van der Waals surface area contributed by atoms with Gasteiger partial charge >= 0.3 is 6.18 Å². The van der Waals surface area contributed by atoms with Crippen molar-refractivity contribution in [3.8, 4) is 0 Å². The van der Waals surface area contributed by atoms with Crippen LogP contribution in [0.4, 0.5) is 24.5 Å². The summed E-state index contributed by atoms with van der Waals surface area (Å²) < 4.78 is 40.2. The molecule has 13 heteroatoms. The van der Waals surface area contributed by atoms with Crippen LogP contribution in [0.25, 0.3) is 11.0 Å². The average molecular weight is 589 g/mol. The molecule has 1 aromatic heterocycles. The number of fused-ring (bicyclic) bond motifs is 1. The van der Waals surface area contributed by atoms with E-state index in [1.165, 1.54) is 24.3 Å². The molecule has 0 atom stereocenters. The van der Waals surface area contributed by atoms with E-state index in [0.717, 1.165) is 12.1 Å². The first-order valence-electron chi connectivity index (χ1n) is 10.8. The van der Waals surface area contributed by atoms with Gasteiger partial charge in [-0.3, -0.25) is 9.59 Å². The molecule has 0 bridgehead atoms. The summed E-state index contributed by atoms with van der Waals surface area (Å²) in [5.41, 5.74) is 0.556. The number of nitrogens with one attached hydrogen (secondary N) is 4. The Kier molecular flexibility index (Phi) is 10.2. The zero-order valence-corrected chi connectivity index (χ0v) is 22.4. The number of hydrogen-bond acceptors (Lipinski definition) is 4. The number of imidazole rings is 1. The van der Waals surface area contributed by atoms with Crippen molar-refractivity contribution in [2.24, 2.45) is 0 Å². The first kappa shape index (κ1) is 30.9. The van der Waals surface area contributed by atoms with Gasteiger partial charge in [0.15, 0.2) is 0 Å². The number of amides is 2. The van der Waals surface area contributed by atoms with Gasteiger partial charge in [0.2, 0.25) is 0 Å². The number of alkyl halides is 3. The first-order valence-corrected chi connectivity index (χ1v) is 11.2. The molecule has 7 nitrogen and oxygen atoms in total. The molecule has 0 saturated carbocycles. The largest absolute Gasteiger partial charge is 0.417 e. The van der Waals surface area contributed by atoms with Gasteiger partial charge in [-0.2, -0.15) is 13.2 Å². The van der Waals surface area contributed by atoms with Crippen LogP contribution in [0.15, 0.2) is 54.6 Å². The summed E-state index contributed by atoms with van der Waals surface area (Å²) in [5.74, 6) is -0.958. The van der Waals surface area contributed by atoms with Crippen molar-refractivity contribution in [3.63, 3.8) is 0 Å². The Labute approximate surface area is 233 Å². The van der Waals surface area contributed by atoms with Crippen molar-refractivity contribution in [1.82, 2.24) is 15.3 Å². The highest BCUT2D eigenvalue weighted by molar-refractivity contribution is 6.31. The molecule has 38 heavy (non-hydrogen) atoms. The van der Waals surface area contributed by atoms with Crippen LogP contribution in [0.5, 0.6) is 0 Å². The minimum atomic E-state index is -4.71. The summed E-state index contributed by atoms with van der Waals surface area (Å²) in [6.45, 7) is 2.13. The molecule has 0 radical (unpaired) electrons. The first-order chi connectivity index (χ1) is 17.1. The summed E-state index contributed by atoms with van der Waals surface area (Å²) in [4.78, 5) is 33.6. The molecule has 4 rings (SSSR count). The van der Waals surface area contributed by atoms with Gasteiger partial charge < -0.3 is 20.9 Å². The van der Waals surface area contributed by atoms with Gasteiger partial charge in [0.1, 0.15) is 11.3 Å². The smallest absolute Gasteiger partial charge is 0.341 e. The number of hydrogen-bond donors (Lipinski definition) is 4. The number of anilines is 2. The third-order valence-corrected chi connectivity index (χ3v) is 5.88. The number of H-pyrrole nitrogens is 1. The summed E-state index contributed by atoms with van der Waals surface area (Å²) in [5, 5.41) is 8.69. The molecular formula is C25H23Cl3F3N5O2. The Morgan fingerprint density at radius 3 is 2.34 bits per heavy atom. The number of aromatic amines is 1. The molecule has 0 unspecified atom stereocenters. The lowest BCUT2D eigenvalue weighted by Gasteiger charge is -2.14. The number of carbonyl (C=O) groups excluding carboxylic acids is 2. The number of nitrogens with zero attached hydrogens (tertiary/aromatic N) is 1. The van der Waals surface area contributed by atoms with Crippen molar-refractivity contribution in [2.45, 2.75) is 19.6 Å². The lowest BCUT2D eigenvalue weighted by atomic mass is 10.1. The van der Waals surface area contributed by atoms with E-state index in [9.17, 15) is 22.8 Å². The van der Waals surface area contributed by atoms with Crippen molar-refractivity contribution in [3.05, 3.63) is 87.7 Å². The van der Waals surface area contributed by atoms with E-state index in [1.54, 1.807) is 32.2 Å². The Bertz CT molecular complexity index is 1470. The monoisotopic (exact) mass is 587 g/mol. The zero-order valence-electron chi connectivity index (χ0n) is 20.0. The van der Waals surface area contributed by atoms with E-state index < -0.39 is 29.1 Å². The van der Waals surface area contributed by atoms with Gasteiger partial charge in [-0.05, 0) is 55.9 Å². The van der Waals surface area contributed by atoms with Crippen molar-refractivity contribution >= 4 is 70.6 Å². The molecule has 0 aliphatic heterocycles. The number of benzene rings is 3. The Hall–Kier alpha value is -3.31. The molecule has 4 N–H and O–H groups in total. The summed E-state index contributed by atoms with van der Waals surface area (Å²) in [7, 11) is 1.73. The number of aromatic nitrogens is 2. The Morgan fingerprint density at radius 2 is 1.66 bits per heavy atom. The summed E-state index contributed by atoms with van der Waals surface area (Å²) >= 11 is 6.16. The maximum atomic E-state index is 13.4. The second kappa shape index (κ2) is 12.5. The van der Waals surface area contributed by atoms with Crippen LogP contribution in [0.3, 0.4) is 0 Å². The third kappa shape index (κ3) is 6.57. The Balaban J connectivity index is 0.00000253. The number of halogens is 6. The van der Waals surface area contributed by atoms with Gasteiger partial charge in [-0.25, -0.2) is 4.98 Å². The van der Waals surface area contributed by atoms with Gasteiger partial charge in [0.05, 0.1) is 28.8 Å². The van der Waals surface area contributed by atoms with Crippen LogP contribution >= 0.6 is 36.4 Å². The van der Waals surface area contributed by atoms with Crippen LogP contribution < -0.4 is 16.0 Å². The molecule has 202 valence electrons. The average Bonchev–Trinajstić information content (AvgIpc) is 3.23. The fourth-order valence-corrected chi connectivity index (χ4v) is 3.90. The number of rotatable bonds is 6. The SMILES string of the molecule is CNCc1nc2c(C(=O)Nc3cccc(Cl)c3C)cc(NC(=O)c3ccccc3C(F)(F)F)cc2[nH]1.Cl.Cl. The highest BCUT2D eigenvalue weighted by Crippen LogP contribution is 2.33. The van der Waals surface area contributed by atoms with Crippen LogP contribution in [-0.4, -0.2) is 28.8 Å². The second-order valence-electron chi connectivity index (χ2n) is 8.00. The third-order valence-electron chi connectivity index (χ3n) is 5.48. The van der Waals surface area contributed by atoms with E-state index in [1.807, 2.05) is 0 Å². The minimum absolute atomic E-state index is 0. The Morgan fingerprint density at radius 1 is 0.974 bits per heavy atom. The maximum absolute atomic E-state index is 13.4. The molecule has 4 aromatic rings. The van der Waals surface area contributed by atoms with Gasteiger partial charge in [-0.1, -0.05) is 29.8 Å². The molecule has 3 aromatic carbocycles. The fraction of sp³-hybridized carbons (Fsp3) is 0.160. The standard InChI is InChI=1S/C25H21ClF3N5O2.2ClH/c1-13-18(26)8-5-9-19(13)33-24(36)16-10-14(11-20-22(16)34-21(32-20)12-30-2)31-23(35)15-6-3-4-7-17(15)25(27,28)29;;/h3-11,30H,12H2,1-2H3,(H,31,35)(H,32,34)(H,33,36);2*1H. The summed E-state index contributed by atoms with van der Waals surface area (Å²) in [6.07, 6.45) is -4.71. The van der Waals surface area contributed by atoms with Crippen molar-refractivity contribution < 1.29 is 22.8 Å². The van der Waals surface area contributed by atoms with E-state index in [2.05, 4.69) is 25.9 Å². The van der Waals surface area contributed by atoms with Crippen molar-refractivity contribution in [1.29, 1.82) is 0 Å². The molecule has 2 amide bonds. The molecule has 0 saturated heterocycles. The van der Waals surface area contributed by atoms with Crippen molar-refractivity contribution in [2.75, 3.05) is 17.7 Å². The highest BCUT2D eigenvalue weighted by atomic mass is 35.5. The van der Waals surface area contributed by atoms with Crippen LogP contribution in [-0.2, 0) is 12.7 Å². The molecule has 0 aliphatic carbocycles. The number of carbonyl (C=O) groups is 2. The lowest BCUT2D eigenvalue weighted by Crippen LogP contribution is -2.19. The molecule has 0 spiro atoms. The van der Waals surface area contributed by atoms with Crippen LogP contribution in [0, 0.1) is 6.92 Å². The van der Waals surface area contributed by atoms with Crippen LogP contribution in [0.2, 0.25) is 5.02 Å². The van der Waals surface area contributed by atoms with Gasteiger partial charge in [0, 0.05) is 16.4 Å². The maximum Gasteiger partial charge on any atom is 0.417 e. The molecule has 0 aliphatic rings. The second-order valence-corrected chi connectivity index (χ2v) is 8.40. The van der Waals surface area contributed by atoms with E-state index in [0.29, 0.717) is 39.7 Å². The van der Waals surface area contributed by atoms with Gasteiger partial charge in [0.25, 0.3) is 11.8 Å². The zero-order chi connectivity index (χ0) is 26.0. The van der Waals surface area contributed by atoms with Crippen LogP contribution in [0.1, 0.15) is 37.7 Å². The summed E-state index contributed by atoms with van der Waals surface area (Å²) in [6, 6.07) is 12.4. The fourth-order valence-electron chi connectivity index (χ4n) is 3.72. The lowest BCUT2D eigenvalue weighted by molar-refractivity contribution is -0.137. The minimum Gasteiger partial charge on any atom is -0.341 e. The highest BCUT2D eigenvalue weighted by Gasteiger charge is 2.35. The normalized spacial score (nSPS) is 10.9. The quantitative estimate of drug-likeness (QED) is 0.204. The topological polar surface area (TPSA) is 98.9 Å². The predicted octanol–water partition coefficient (Wildman–Crippen LogP) is 6.61. The van der Waals surface area contributed by atoms with Gasteiger partial charge in [-0.15, -0.1) is 24.8 Å². The molecule has 1 heterocycles. The molecule has 0 fully saturated rings. The van der Waals surface area contributed by atoms with E-state index in [-0.39, 0.29) is 36.1 Å². The molecular weight excluding hydrogens is 566 g/mol. The van der Waals surface area contributed by atoms with E-state index in [4.69, 9.17) is 11.6 Å². The predicted molar refractivity (Wildman–Crippen MR) is 147 cm³/mol. The van der Waals surface area contributed by atoms with E-state index >= 15 is 0 Å².